The Hall–Kier alpha value is -1.26. The molecule has 104 valence electrons. The predicted molar refractivity (Wildman–Crippen MR) is 78.5 cm³/mol. The van der Waals surface area contributed by atoms with Gasteiger partial charge in [0, 0.05) is 22.8 Å². The number of halogens is 1. The Morgan fingerprint density at radius 2 is 1.84 bits per heavy atom. The first-order valence-corrected chi connectivity index (χ1v) is 7.11. The Labute approximate surface area is 118 Å². The largest absolute Gasteiger partial charge is 0.334 e. The molecule has 0 spiro atoms. The number of benzene rings is 1. The molecule has 0 aliphatic heterocycles. The molecule has 2 amide bonds. The van der Waals surface area contributed by atoms with Gasteiger partial charge in [-0.3, -0.25) is 0 Å². The van der Waals surface area contributed by atoms with E-state index in [1.54, 1.807) is 24.3 Å². The fourth-order valence-corrected chi connectivity index (χ4v) is 2.51. The summed E-state index contributed by atoms with van der Waals surface area (Å²) in [6.07, 6.45) is 5.41. The van der Waals surface area contributed by atoms with E-state index in [-0.39, 0.29) is 18.1 Å². The zero-order valence-corrected chi connectivity index (χ0v) is 11.6. The van der Waals surface area contributed by atoms with E-state index in [1.807, 2.05) is 0 Å². The average molecular weight is 282 g/mol. The minimum absolute atomic E-state index is 0.0541. The number of urea groups is 1. The zero-order valence-electron chi connectivity index (χ0n) is 10.9. The Bertz CT molecular complexity index is 421. The van der Waals surface area contributed by atoms with Crippen LogP contribution in [0.1, 0.15) is 32.1 Å². The number of nitrogens with two attached hydrogens (primary N) is 1. The summed E-state index contributed by atoms with van der Waals surface area (Å²) in [5, 5.41) is 6.41. The van der Waals surface area contributed by atoms with Gasteiger partial charge >= 0.3 is 6.03 Å². The molecule has 2 rings (SSSR count). The van der Waals surface area contributed by atoms with E-state index in [2.05, 4.69) is 10.6 Å². The number of nitrogens with one attached hydrogen (secondary N) is 2. The fourth-order valence-electron chi connectivity index (χ4n) is 2.38. The molecular formula is C14H20ClN3O. The molecule has 0 aromatic heterocycles. The van der Waals surface area contributed by atoms with Crippen molar-refractivity contribution in [3.8, 4) is 0 Å². The Morgan fingerprint density at radius 3 is 2.58 bits per heavy atom. The molecule has 0 bridgehead atoms. The summed E-state index contributed by atoms with van der Waals surface area (Å²) in [7, 11) is 0. The summed E-state index contributed by atoms with van der Waals surface area (Å²) in [4.78, 5) is 11.9. The number of hydrogen-bond donors (Lipinski definition) is 3. The first kappa shape index (κ1) is 14.2. The molecule has 19 heavy (non-hydrogen) atoms. The van der Waals surface area contributed by atoms with Gasteiger partial charge in [-0.25, -0.2) is 4.79 Å². The second kappa shape index (κ2) is 6.78. The van der Waals surface area contributed by atoms with Crippen molar-refractivity contribution >= 4 is 23.3 Å². The maximum atomic E-state index is 11.9. The molecule has 1 fully saturated rings. The van der Waals surface area contributed by atoms with E-state index in [9.17, 15) is 4.79 Å². The van der Waals surface area contributed by atoms with Gasteiger partial charge < -0.3 is 16.4 Å². The SMILES string of the molecule is NC1CCCCCC1NC(=O)Nc1ccc(Cl)cc1. The molecule has 0 radical (unpaired) electrons. The quantitative estimate of drug-likeness (QED) is 0.729. The normalized spacial score (nSPS) is 23.5. The summed E-state index contributed by atoms with van der Waals surface area (Å²) in [5.41, 5.74) is 6.81. The summed E-state index contributed by atoms with van der Waals surface area (Å²) in [6.45, 7) is 0. The maximum absolute atomic E-state index is 11.9. The minimum atomic E-state index is -0.204. The van der Waals surface area contributed by atoms with Gasteiger partial charge in [0.25, 0.3) is 0 Å². The lowest BCUT2D eigenvalue weighted by atomic mass is 10.0. The van der Waals surface area contributed by atoms with Crippen LogP contribution in [0.4, 0.5) is 10.5 Å². The van der Waals surface area contributed by atoms with E-state index in [1.165, 1.54) is 6.42 Å². The minimum Gasteiger partial charge on any atom is -0.334 e. The summed E-state index contributed by atoms with van der Waals surface area (Å²) >= 11 is 5.80. The highest BCUT2D eigenvalue weighted by atomic mass is 35.5. The average Bonchev–Trinajstić information content (AvgIpc) is 2.58. The first-order chi connectivity index (χ1) is 9.15. The third kappa shape index (κ3) is 4.40. The van der Waals surface area contributed by atoms with Gasteiger partial charge in [0.05, 0.1) is 0 Å². The molecule has 1 aliphatic rings. The van der Waals surface area contributed by atoms with Crippen molar-refractivity contribution in [1.82, 2.24) is 5.32 Å². The fraction of sp³-hybridized carbons (Fsp3) is 0.500. The Morgan fingerprint density at radius 1 is 1.16 bits per heavy atom. The van der Waals surface area contributed by atoms with Crippen LogP contribution in [-0.4, -0.2) is 18.1 Å². The number of amides is 2. The molecule has 1 aromatic carbocycles. The van der Waals surface area contributed by atoms with Crippen LogP contribution in [0.25, 0.3) is 0 Å². The van der Waals surface area contributed by atoms with Gasteiger partial charge in [0.2, 0.25) is 0 Å². The monoisotopic (exact) mass is 281 g/mol. The van der Waals surface area contributed by atoms with Crippen molar-refractivity contribution < 1.29 is 4.79 Å². The number of hydrogen-bond acceptors (Lipinski definition) is 2. The number of rotatable bonds is 2. The van der Waals surface area contributed by atoms with Gasteiger partial charge in [-0.05, 0) is 37.1 Å². The second-order valence-electron chi connectivity index (χ2n) is 5.01. The van der Waals surface area contributed by atoms with Crippen molar-refractivity contribution in [2.45, 2.75) is 44.2 Å². The maximum Gasteiger partial charge on any atom is 0.319 e. The molecule has 5 heteroatoms. The van der Waals surface area contributed by atoms with Crippen molar-refractivity contribution in [2.24, 2.45) is 5.73 Å². The van der Waals surface area contributed by atoms with Crippen molar-refractivity contribution in [3.63, 3.8) is 0 Å². The van der Waals surface area contributed by atoms with Gasteiger partial charge in [-0.2, -0.15) is 0 Å². The van der Waals surface area contributed by atoms with E-state index in [0.717, 1.165) is 31.4 Å². The van der Waals surface area contributed by atoms with Crippen molar-refractivity contribution in [2.75, 3.05) is 5.32 Å². The molecule has 1 saturated carbocycles. The first-order valence-electron chi connectivity index (χ1n) is 6.74. The van der Waals surface area contributed by atoms with Crippen molar-refractivity contribution in [3.05, 3.63) is 29.3 Å². The van der Waals surface area contributed by atoms with Crippen molar-refractivity contribution in [1.29, 1.82) is 0 Å². The van der Waals surface area contributed by atoms with Gasteiger partial charge in [0.1, 0.15) is 0 Å². The lowest BCUT2D eigenvalue weighted by Crippen LogP contribution is -2.48. The molecule has 4 nitrogen and oxygen atoms in total. The summed E-state index contributed by atoms with van der Waals surface area (Å²) in [5.74, 6) is 0. The van der Waals surface area contributed by atoms with Crippen LogP contribution < -0.4 is 16.4 Å². The van der Waals surface area contributed by atoms with E-state index in [4.69, 9.17) is 17.3 Å². The van der Waals surface area contributed by atoms with E-state index >= 15 is 0 Å². The molecule has 1 aromatic rings. The third-order valence-electron chi connectivity index (χ3n) is 3.49. The number of carbonyl (C=O) groups excluding carboxylic acids is 1. The second-order valence-corrected chi connectivity index (χ2v) is 5.45. The van der Waals surface area contributed by atoms with Gasteiger partial charge in [-0.15, -0.1) is 0 Å². The van der Waals surface area contributed by atoms with Crippen LogP contribution in [0.3, 0.4) is 0 Å². The standard InChI is InChI=1S/C14H20ClN3O/c15-10-6-8-11(9-7-10)17-14(19)18-13-5-3-1-2-4-12(13)16/h6-9,12-13H,1-5,16H2,(H2,17,18,19). The lowest BCUT2D eigenvalue weighted by Gasteiger charge is -2.22. The van der Waals surface area contributed by atoms with Crippen LogP contribution >= 0.6 is 11.6 Å². The molecule has 0 saturated heterocycles. The predicted octanol–water partition coefficient (Wildman–Crippen LogP) is 3.12. The smallest absolute Gasteiger partial charge is 0.319 e. The molecule has 2 unspecified atom stereocenters. The third-order valence-corrected chi connectivity index (χ3v) is 3.74. The summed E-state index contributed by atoms with van der Waals surface area (Å²) < 4.78 is 0. The lowest BCUT2D eigenvalue weighted by molar-refractivity contribution is 0.245. The number of carbonyl (C=O) groups is 1. The van der Waals surface area contributed by atoms with Crippen LogP contribution in [0, 0.1) is 0 Å². The van der Waals surface area contributed by atoms with Crippen LogP contribution in [0.2, 0.25) is 5.02 Å². The van der Waals surface area contributed by atoms with Crippen LogP contribution in [0.15, 0.2) is 24.3 Å². The summed E-state index contributed by atoms with van der Waals surface area (Å²) in [6, 6.07) is 6.95. The Kier molecular flexibility index (Phi) is 5.05. The molecule has 4 N–H and O–H groups in total. The Balaban J connectivity index is 1.87. The molecule has 2 atom stereocenters. The van der Waals surface area contributed by atoms with E-state index in [0.29, 0.717) is 5.02 Å². The van der Waals surface area contributed by atoms with Crippen LogP contribution in [-0.2, 0) is 0 Å². The van der Waals surface area contributed by atoms with E-state index < -0.39 is 0 Å². The van der Waals surface area contributed by atoms with Gasteiger partial charge in [-0.1, -0.05) is 30.9 Å². The van der Waals surface area contributed by atoms with Crippen LogP contribution in [0.5, 0.6) is 0 Å². The zero-order chi connectivity index (χ0) is 13.7. The molecule has 0 heterocycles. The molecule has 1 aliphatic carbocycles. The topological polar surface area (TPSA) is 67.1 Å². The molecular weight excluding hydrogens is 262 g/mol. The highest BCUT2D eigenvalue weighted by molar-refractivity contribution is 6.30. The van der Waals surface area contributed by atoms with Gasteiger partial charge in [0.15, 0.2) is 0 Å². The number of anilines is 1. The highest BCUT2D eigenvalue weighted by Gasteiger charge is 2.21. The highest BCUT2D eigenvalue weighted by Crippen LogP contribution is 2.17.